The van der Waals surface area contributed by atoms with Crippen molar-refractivity contribution in [1.82, 2.24) is 4.90 Å². The monoisotopic (exact) mass is 443 g/mol. The summed E-state index contributed by atoms with van der Waals surface area (Å²) in [5.74, 6) is 0.511. The molecule has 0 spiro atoms. The molecule has 28 heavy (non-hydrogen) atoms. The van der Waals surface area contributed by atoms with Crippen LogP contribution in [0.2, 0.25) is 0 Å². The summed E-state index contributed by atoms with van der Waals surface area (Å²) in [6.07, 6.45) is 0.617. The van der Waals surface area contributed by atoms with E-state index in [2.05, 4.69) is 40.0 Å². The summed E-state index contributed by atoms with van der Waals surface area (Å²) >= 11 is 3.38. The van der Waals surface area contributed by atoms with Gasteiger partial charge in [0, 0.05) is 54.0 Å². The number of hydrogen-bond acceptors (Lipinski definition) is 3. The first-order valence-corrected chi connectivity index (χ1v) is 10.4. The molecule has 0 unspecified atom stereocenters. The molecule has 2 amide bonds. The van der Waals surface area contributed by atoms with Gasteiger partial charge in [-0.25, -0.2) is 0 Å². The minimum absolute atomic E-state index is 0.133. The first-order chi connectivity index (χ1) is 13.4. The van der Waals surface area contributed by atoms with Gasteiger partial charge in [0.2, 0.25) is 5.91 Å². The lowest BCUT2D eigenvalue weighted by Crippen LogP contribution is -2.49. The number of rotatable bonds is 5. The lowest BCUT2D eigenvalue weighted by atomic mass is 10.1. The summed E-state index contributed by atoms with van der Waals surface area (Å²) in [5.41, 5.74) is 2.48. The molecule has 2 aromatic rings. The van der Waals surface area contributed by atoms with E-state index in [1.807, 2.05) is 41.3 Å². The highest BCUT2D eigenvalue weighted by Crippen LogP contribution is 2.21. The van der Waals surface area contributed by atoms with Gasteiger partial charge in [-0.1, -0.05) is 35.8 Å². The molecular weight excluding hydrogens is 418 g/mol. The Hall–Kier alpha value is -2.34. The molecule has 1 aliphatic rings. The Kier molecular flexibility index (Phi) is 6.73. The van der Waals surface area contributed by atoms with Crippen LogP contribution in [0.15, 0.2) is 53.0 Å². The molecule has 0 saturated carbocycles. The number of benzene rings is 2. The van der Waals surface area contributed by atoms with Crippen LogP contribution in [0.5, 0.6) is 0 Å². The first-order valence-electron chi connectivity index (χ1n) is 9.62. The second-order valence-corrected chi connectivity index (χ2v) is 8.39. The number of piperazine rings is 1. The van der Waals surface area contributed by atoms with Crippen molar-refractivity contribution in [2.45, 2.75) is 20.3 Å². The van der Waals surface area contributed by atoms with Gasteiger partial charge in [-0.2, -0.15) is 0 Å². The number of carbonyl (C=O) groups is 2. The van der Waals surface area contributed by atoms with Crippen LogP contribution in [0.3, 0.4) is 0 Å². The van der Waals surface area contributed by atoms with Crippen molar-refractivity contribution in [3.8, 4) is 0 Å². The van der Waals surface area contributed by atoms with Crippen LogP contribution in [0.1, 0.15) is 30.6 Å². The average molecular weight is 444 g/mol. The molecule has 1 N–H and O–H groups in total. The minimum Gasteiger partial charge on any atom is -0.368 e. The van der Waals surface area contributed by atoms with E-state index in [0.717, 1.165) is 42.0 Å². The SMILES string of the molecule is CC(C)CC(=O)N1CCN(c2ccc(NC(=O)c3cccc(Br)c3)cc2)CC1. The standard InChI is InChI=1S/C22H26BrN3O2/c1-16(2)14-21(27)26-12-10-25(11-13-26)20-8-6-19(7-9-20)24-22(28)17-4-3-5-18(23)15-17/h3-9,15-16H,10-14H2,1-2H3,(H,24,28). The van der Waals surface area contributed by atoms with Gasteiger partial charge < -0.3 is 15.1 Å². The Bertz CT molecular complexity index is 828. The molecule has 0 bridgehead atoms. The third kappa shape index (κ3) is 5.35. The Morgan fingerprint density at radius 1 is 1.04 bits per heavy atom. The van der Waals surface area contributed by atoms with Gasteiger partial charge in [0.15, 0.2) is 0 Å². The van der Waals surface area contributed by atoms with Gasteiger partial charge in [0.1, 0.15) is 0 Å². The number of amides is 2. The molecule has 2 aromatic carbocycles. The minimum atomic E-state index is -0.133. The third-order valence-electron chi connectivity index (χ3n) is 4.79. The van der Waals surface area contributed by atoms with Crippen LogP contribution in [0.25, 0.3) is 0 Å². The number of halogens is 1. The summed E-state index contributed by atoms with van der Waals surface area (Å²) < 4.78 is 0.876. The van der Waals surface area contributed by atoms with E-state index in [9.17, 15) is 9.59 Å². The molecule has 1 aliphatic heterocycles. The van der Waals surface area contributed by atoms with Crippen LogP contribution in [0.4, 0.5) is 11.4 Å². The van der Waals surface area contributed by atoms with Crippen molar-refractivity contribution in [1.29, 1.82) is 0 Å². The molecule has 1 heterocycles. The van der Waals surface area contributed by atoms with Gasteiger partial charge >= 0.3 is 0 Å². The van der Waals surface area contributed by atoms with Crippen LogP contribution < -0.4 is 10.2 Å². The average Bonchev–Trinajstić information content (AvgIpc) is 2.68. The van der Waals surface area contributed by atoms with Crippen LogP contribution >= 0.6 is 15.9 Å². The lowest BCUT2D eigenvalue weighted by Gasteiger charge is -2.36. The van der Waals surface area contributed by atoms with Gasteiger partial charge in [0.05, 0.1) is 0 Å². The van der Waals surface area contributed by atoms with E-state index in [0.29, 0.717) is 17.9 Å². The van der Waals surface area contributed by atoms with E-state index in [1.54, 1.807) is 12.1 Å². The fourth-order valence-corrected chi connectivity index (χ4v) is 3.68. The zero-order valence-electron chi connectivity index (χ0n) is 16.3. The maximum Gasteiger partial charge on any atom is 0.255 e. The summed E-state index contributed by atoms with van der Waals surface area (Å²) in [6, 6.07) is 15.2. The quantitative estimate of drug-likeness (QED) is 0.744. The van der Waals surface area contributed by atoms with Gasteiger partial charge in [0.25, 0.3) is 5.91 Å². The molecule has 5 nitrogen and oxygen atoms in total. The van der Waals surface area contributed by atoms with Crippen molar-refractivity contribution in [2.75, 3.05) is 36.4 Å². The molecule has 0 aliphatic carbocycles. The highest BCUT2D eigenvalue weighted by Gasteiger charge is 2.21. The predicted molar refractivity (Wildman–Crippen MR) is 117 cm³/mol. The number of nitrogens with one attached hydrogen (secondary N) is 1. The van der Waals surface area contributed by atoms with Crippen molar-refractivity contribution in [2.24, 2.45) is 5.92 Å². The van der Waals surface area contributed by atoms with Crippen LogP contribution in [-0.4, -0.2) is 42.9 Å². The van der Waals surface area contributed by atoms with E-state index in [1.165, 1.54) is 0 Å². The second-order valence-electron chi connectivity index (χ2n) is 7.48. The second kappa shape index (κ2) is 9.24. The Morgan fingerprint density at radius 3 is 2.32 bits per heavy atom. The molecule has 6 heteroatoms. The van der Waals surface area contributed by atoms with Gasteiger partial charge in [-0.3, -0.25) is 9.59 Å². The van der Waals surface area contributed by atoms with E-state index in [4.69, 9.17) is 0 Å². The summed E-state index contributed by atoms with van der Waals surface area (Å²) in [4.78, 5) is 28.8. The Labute approximate surface area is 174 Å². The van der Waals surface area contributed by atoms with E-state index in [-0.39, 0.29) is 11.8 Å². The zero-order valence-corrected chi connectivity index (χ0v) is 17.9. The van der Waals surface area contributed by atoms with E-state index >= 15 is 0 Å². The smallest absolute Gasteiger partial charge is 0.255 e. The highest BCUT2D eigenvalue weighted by molar-refractivity contribution is 9.10. The number of anilines is 2. The summed E-state index contributed by atoms with van der Waals surface area (Å²) in [7, 11) is 0. The molecule has 0 atom stereocenters. The normalized spacial score (nSPS) is 14.3. The van der Waals surface area contributed by atoms with E-state index < -0.39 is 0 Å². The number of nitrogens with zero attached hydrogens (tertiary/aromatic N) is 2. The van der Waals surface area contributed by atoms with Crippen molar-refractivity contribution >= 4 is 39.1 Å². The number of hydrogen-bond donors (Lipinski definition) is 1. The topological polar surface area (TPSA) is 52.7 Å². The lowest BCUT2D eigenvalue weighted by molar-refractivity contribution is -0.132. The highest BCUT2D eigenvalue weighted by atomic mass is 79.9. The fraction of sp³-hybridized carbons (Fsp3) is 0.364. The first kappa shape index (κ1) is 20.4. The predicted octanol–water partition coefficient (Wildman–Crippen LogP) is 4.40. The molecule has 148 valence electrons. The van der Waals surface area contributed by atoms with Crippen molar-refractivity contribution < 1.29 is 9.59 Å². The zero-order chi connectivity index (χ0) is 20.1. The molecule has 1 saturated heterocycles. The maximum atomic E-state index is 12.3. The Morgan fingerprint density at radius 2 is 1.71 bits per heavy atom. The summed E-state index contributed by atoms with van der Waals surface area (Å²) in [6.45, 7) is 7.32. The van der Waals surface area contributed by atoms with Crippen molar-refractivity contribution in [3.05, 3.63) is 58.6 Å². The molecule has 3 rings (SSSR count). The largest absolute Gasteiger partial charge is 0.368 e. The maximum absolute atomic E-state index is 12.3. The van der Waals surface area contributed by atoms with Gasteiger partial charge in [-0.15, -0.1) is 0 Å². The Balaban J connectivity index is 1.55. The molecule has 0 aromatic heterocycles. The molecule has 0 radical (unpaired) electrons. The molecule has 1 fully saturated rings. The third-order valence-corrected chi connectivity index (χ3v) is 5.29. The van der Waals surface area contributed by atoms with Crippen LogP contribution in [0, 0.1) is 5.92 Å². The number of carbonyl (C=O) groups excluding carboxylic acids is 2. The van der Waals surface area contributed by atoms with Crippen molar-refractivity contribution in [3.63, 3.8) is 0 Å². The van der Waals surface area contributed by atoms with Gasteiger partial charge in [-0.05, 0) is 48.4 Å². The fourth-order valence-electron chi connectivity index (χ4n) is 3.28. The molecular formula is C22H26BrN3O2. The summed E-state index contributed by atoms with van der Waals surface area (Å²) in [5, 5.41) is 2.92. The van der Waals surface area contributed by atoms with Crippen LogP contribution in [-0.2, 0) is 4.79 Å².